The largest absolute Gasteiger partial charge is 0.502 e. The number of fused-ring (bicyclic) bond motifs is 2. The van der Waals surface area contributed by atoms with Gasteiger partial charge in [0.25, 0.3) is 0 Å². The van der Waals surface area contributed by atoms with Crippen molar-refractivity contribution in [1.29, 1.82) is 0 Å². The summed E-state index contributed by atoms with van der Waals surface area (Å²) < 4.78 is 18.7. The number of ether oxygens (including phenoxy) is 3. The fraction of sp³-hybridized carbons (Fsp3) is 0.0667. The monoisotopic (exact) mass is 612 g/mol. The molecule has 0 aliphatic rings. The Morgan fingerprint density at radius 2 is 1.07 bits per heavy atom. The number of nitrogens with zero attached hydrogens (tertiary/aromatic N) is 4. The Hall–Kier alpha value is -5.40. The van der Waals surface area contributed by atoms with Crippen LogP contribution in [-0.2, 0) is 0 Å². The first-order chi connectivity index (χ1) is 21.0. The summed E-state index contributed by atoms with van der Waals surface area (Å²) in [6.45, 7) is 0. The standard InChI is InChI=1S/C30H24N6O5S2/c1-39-21-11-17(15-31-35-29-33-19-7-3-5-9-25(19)42-29)13-23(27(21)37)41-24-14-18(12-22(40-2)28(24)38)16-32-36-30-34-20-8-4-6-10-26(20)43-30/h3-16,37-38H,1-2H3,(H,33,35)(H,34,36)/b31-15+,32-16+. The van der Waals surface area contributed by atoms with Crippen LogP contribution < -0.4 is 25.1 Å². The number of phenolic OH excluding ortho intramolecular Hbond substituents is 2. The lowest BCUT2D eigenvalue weighted by Crippen LogP contribution is -1.96. The number of nitrogens with one attached hydrogen (secondary N) is 2. The Bertz CT molecular complexity index is 1780. The zero-order chi connectivity index (χ0) is 29.8. The first-order valence-corrected chi connectivity index (χ1v) is 14.4. The van der Waals surface area contributed by atoms with Gasteiger partial charge in [0.1, 0.15) is 0 Å². The summed E-state index contributed by atoms with van der Waals surface area (Å²) in [5.41, 5.74) is 8.72. The minimum atomic E-state index is -0.256. The van der Waals surface area contributed by atoms with Crippen LogP contribution in [0.2, 0.25) is 0 Å². The summed E-state index contributed by atoms with van der Waals surface area (Å²) in [4.78, 5) is 8.99. The summed E-state index contributed by atoms with van der Waals surface area (Å²) in [5.74, 6) is -0.145. The highest BCUT2D eigenvalue weighted by Gasteiger charge is 2.17. The van der Waals surface area contributed by atoms with E-state index in [1.54, 1.807) is 24.3 Å². The van der Waals surface area contributed by atoms with Gasteiger partial charge in [-0.3, -0.25) is 10.9 Å². The molecule has 0 aliphatic carbocycles. The number of rotatable bonds is 10. The lowest BCUT2D eigenvalue weighted by Gasteiger charge is -2.14. The van der Waals surface area contributed by atoms with Gasteiger partial charge >= 0.3 is 0 Å². The van der Waals surface area contributed by atoms with Crippen LogP contribution in [0.15, 0.2) is 83.0 Å². The van der Waals surface area contributed by atoms with E-state index in [4.69, 9.17) is 14.2 Å². The molecule has 0 radical (unpaired) electrons. The van der Waals surface area contributed by atoms with Gasteiger partial charge in [-0.15, -0.1) is 0 Å². The van der Waals surface area contributed by atoms with E-state index >= 15 is 0 Å². The lowest BCUT2D eigenvalue weighted by atomic mass is 10.1. The first-order valence-electron chi connectivity index (χ1n) is 12.8. The van der Waals surface area contributed by atoms with E-state index in [0.717, 1.165) is 20.4 Å². The third-order valence-corrected chi connectivity index (χ3v) is 8.00. The highest BCUT2D eigenvalue weighted by Crippen LogP contribution is 2.44. The van der Waals surface area contributed by atoms with Crippen molar-refractivity contribution < 1.29 is 24.4 Å². The number of hydrazone groups is 2. The number of aromatic hydroxyl groups is 2. The number of benzene rings is 4. The predicted octanol–water partition coefficient (Wildman–Crippen LogP) is 7.02. The molecule has 43 heavy (non-hydrogen) atoms. The second kappa shape index (κ2) is 12.2. The topological polar surface area (TPSA) is 143 Å². The van der Waals surface area contributed by atoms with Crippen molar-refractivity contribution in [2.24, 2.45) is 10.2 Å². The molecule has 216 valence electrons. The van der Waals surface area contributed by atoms with Crippen molar-refractivity contribution in [2.45, 2.75) is 0 Å². The molecule has 0 unspecified atom stereocenters. The molecule has 0 atom stereocenters. The Labute approximate surface area is 253 Å². The molecule has 4 aromatic carbocycles. The third kappa shape index (κ3) is 6.12. The molecule has 11 nitrogen and oxygen atoms in total. The molecule has 0 saturated carbocycles. The molecule has 0 aliphatic heterocycles. The van der Waals surface area contributed by atoms with Crippen LogP contribution in [0.25, 0.3) is 20.4 Å². The van der Waals surface area contributed by atoms with Gasteiger partial charge in [0.15, 0.2) is 23.0 Å². The molecule has 0 bridgehead atoms. The lowest BCUT2D eigenvalue weighted by molar-refractivity contribution is 0.337. The fourth-order valence-corrected chi connectivity index (χ4v) is 5.73. The van der Waals surface area contributed by atoms with Gasteiger partial charge in [-0.05, 0) is 48.5 Å². The van der Waals surface area contributed by atoms with Crippen LogP contribution in [0.4, 0.5) is 10.3 Å². The van der Waals surface area contributed by atoms with Gasteiger partial charge < -0.3 is 24.4 Å². The molecule has 2 heterocycles. The summed E-state index contributed by atoms with van der Waals surface area (Å²) in [6.07, 6.45) is 3.08. The maximum atomic E-state index is 10.8. The van der Waals surface area contributed by atoms with E-state index in [0.29, 0.717) is 21.4 Å². The van der Waals surface area contributed by atoms with E-state index < -0.39 is 0 Å². The zero-order valence-electron chi connectivity index (χ0n) is 22.8. The SMILES string of the molecule is COc1cc(/C=N/Nc2nc3ccccc3s2)cc(Oc2cc(/C=N/Nc3nc4ccccc4s3)cc(OC)c2O)c1O. The molecule has 6 aromatic rings. The molecule has 0 fully saturated rings. The third-order valence-electron chi connectivity index (χ3n) is 6.12. The van der Waals surface area contributed by atoms with Gasteiger partial charge in [0.2, 0.25) is 21.8 Å². The Morgan fingerprint density at radius 3 is 1.49 bits per heavy atom. The minimum Gasteiger partial charge on any atom is -0.502 e. The van der Waals surface area contributed by atoms with Gasteiger partial charge in [0, 0.05) is 11.1 Å². The predicted molar refractivity (Wildman–Crippen MR) is 171 cm³/mol. The number of para-hydroxylation sites is 2. The minimum absolute atomic E-state index is 0.0276. The average Bonchev–Trinajstić information content (AvgIpc) is 3.63. The number of aromatic nitrogens is 2. The second-order valence-electron chi connectivity index (χ2n) is 8.96. The fourth-order valence-electron chi connectivity index (χ4n) is 4.10. The second-order valence-corrected chi connectivity index (χ2v) is 11.0. The molecule has 4 N–H and O–H groups in total. The Morgan fingerprint density at radius 1 is 0.651 bits per heavy atom. The van der Waals surface area contributed by atoms with Gasteiger partial charge in [-0.1, -0.05) is 46.9 Å². The number of phenols is 2. The van der Waals surface area contributed by atoms with Crippen molar-refractivity contribution in [3.05, 3.63) is 83.9 Å². The normalized spacial score (nSPS) is 11.5. The number of thiazole rings is 2. The van der Waals surface area contributed by atoms with Crippen molar-refractivity contribution in [3.63, 3.8) is 0 Å². The van der Waals surface area contributed by atoms with Crippen LogP contribution >= 0.6 is 22.7 Å². The molecule has 0 amide bonds. The van der Waals surface area contributed by atoms with Crippen LogP contribution in [0.1, 0.15) is 11.1 Å². The van der Waals surface area contributed by atoms with E-state index in [1.165, 1.54) is 49.3 Å². The maximum absolute atomic E-state index is 10.8. The number of hydrogen-bond acceptors (Lipinski definition) is 13. The molecular weight excluding hydrogens is 589 g/mol. The summed E-state index contributed by atoms with van der Waals surface area (Å²) >= 11 is 2.95. The van der Waals surface area contributed by atoms with Crippen LogP contribution in [-0.4, -0.2) is 46.8 Å². The van der Waals surface area contributed by atoms with Crippen molar-refractivity contribution in [3.8, 4) is 34.5 Å². The number of hydrogen-bond donors (Lipinski definition) is 4. The Balaban J connectivity index is 1.23. The molecule has 2 aromatic heterocycles. The smallest absolute Gasteiger partial charge is 0.204 e. The first kappa shape index (κ1) is 27.8. The van der Waals surface area contributed by atoms with Crippen molar-refractivity contribution >= 4 is 65.8 Å². The highest BCUT2D eigenvalue weighted by atomic mass is 32.1. The van der Waals surface area contributed by atoms with Crippen molar-refractivity contribution in [2.75, 3.05) is 25.1 Å². The number of methoxy groups -OCH3 is 2. The van der Waals surface area contributed by atoms with E-state index in [2.05, 4.69) is 31.0 Å². The van der Waals surface area contributed by atoms with Crippen LogP contribution in [0.3, 0.4) is 0 Å². The summed E-state index contributed by atoms with van der Waals surface area (Å²) in [5, 5.41) is 31.4. The highest BCUT2D eigenvalue weighted by molar-refractivity contribution is 7.22. The van der Waals surface area contributed by atoms with E-state index in [1.807, 2.05) is 48.5 Å². The molecule has 0 saturated heterocycles. The van der Waals surface area contributed by atoms with Crippen LogP contribution in [0.5, 0.6) is 34.5 Å². The zero-order valence-corrected chi connectivity index (χ0v) is 24.4. The molecule has 6 rings (SSSR count). The van der Waals surface area contributed by atoms with Gasteiger partial charge in [0.05, 0.1) is 47.1 Å². The molecule has 13 heteroatoms. The van der Waals surface area contributed by atoms with Gasteiger partial charge in [-0.2, -0.15) is 10.2 Å². The quantitative estimate of drug-likeness (QED) is 0.0948. The average molecular weight is 613 g/mol. The van der Waals surface area contributed by atoms with E-state index in [-0.39, 0.29) is 34.5 Å². The number of anilines is 2. The summed E-state index contributed by atoms with van der Waals surface area (Å²) in [7, 11) is 2.85. The maximum Gasteiger partial charge on any atom is 0.204 e. The van der Waals surface area contributed by atoms with E-state index in [9.17, 15) is 10.2 Å². The van der Waals surface area contributed by atoms with Crippen LogP contribution in [0, 0.1) is 0 Å². The molecular formula is C30H24N6O5S2. The molecule has 0 spiro atoms. The van der Waals surface area contributed by atoms with Crippen molar-refractivity contribution in [1.82, 2.24) is 9.97 Å². The Kier molecular flexibility index (Phi) is 7.89. The van der Waals surface area contributed by atoms with Gasteiger partial charge in [-0.25, -0.2) is 9.97 Å². The summed E-state index contributed by atoms with van der Waals surface area (Å²) in [6, 6.07) is 21.9.